The largest absolute Gasteiger partial charge is 0.496 e. The van der Waals surface area contributed by atoms with Gasteiger partial charge < -0.3 is 38.5 Å². The molecule has 2 aromatic carbocycles. The number of alkyl carbamates (subject to hydrolysis) is 1. The van der Waals surface area contributed by atoms with Gasteiger partial charge in [0.2, 0.25) is 12.5 Å². The highest BCUT2D eigenvalue weighted by Gasteiger charge is 2.22. The van der Waals surface area contributed by atoms with Crippen molar-refractivity contribution >= 4 is 6.09 Å². The topological polar surface area (TPSA) is 100 Å². The van der Waals surface area contributed by atoms with Gasteiger partial charge in [-0.15, -0.1) is 0 Å². The van der Waals surface area contributed by atoms with Gasteiger partial charge in [0.25, 0.3) is 0 Å². The molecule has 1 N–H and O–H groups in total. The van der Waals surface area contributed by atoms with Crippen LogP contribution in [-0.2, 0) is 17.8 Å². The number of hydrogen-bond acceptors (Lipinski definition) is 10. The van der Waals surface area contributed by atoms with Gasteiger partial charge in [-0.3, -0.25) is 9.80 Å². The molecular weight excluding hydrogens is 482 g/mol. The van der Waals surface area contributed by atoms with E-state index in [1.54, 1.807) is 40.6 Å². The fourth-order valence-electron chi connectivity index (χ4n) is 4.44. The maximum Gasteiger partial charge on any atom is 0.407 e. The zero-order valence-corrected chi connectivity index (χ0v) is 21.8. The molecule has 1 saturated heterocycles. The molecule has 0 aromatic heterocycles. The van der Waals surface area contributed by atoms with Crippen molar-refractivity contribution in [3.63, 3.8) is 0 Å². The summed E-state index contributed by atoms with van der Waals surface area (Å²) in [5.41, 5.74) is 1.83. The van der Waals surface area contributed by atoms with Crippen LogP contribution in [-0.4, -0.2) is 90.5 Å². The molecule has 2 aromatic rings. The van der Waals surface area contributed by atoms with Crippen molar-refractivity contribution in [2.75, 3.05) is 74.6 Å². The number of rotatable bonds is 11. The van der Waals surface area contributed by atoms with Gasteiger partial charge in [-0.25, -0.2) is 4.79 Å². The molecule has 0 saturated carbocycles. The number of fused-ring (bicyclic) bond motifs is 1. The van der Waals surface area contributed by atoms with Gasteiger partial charge in [-0.05, 0) is 17.7 Å². The summed E-state index contributed by atoms with van der Waals surface area (Å²) in [6.45, 7) is 5.84. The molecule has 2 aliphatic heterocycles. The molecular formula is C26H35N3O8. The van der Waals surface area contributed by atoms with E-state index >= 15 is 0 Å². The van der Waals surface area contributed by atoms with E-state index in [4.69, 9.17) is 33.2 Å². The molecule has 0 atom stereocenters. The Morgan fingerprint density at radius 2 is 1.54 bits per heavy atom. The zero-order valence-electron chi connectivity index (χ0n) is 21.8. The summed E-state index contributed by atoms with van der Waals surface area (Å²) in [7, 11) is 6.32. The molecule has 37 heavy (non-hydrogen) atoms. The first kappa shape index (κ1) is 26.5. The van der Waals surface area contributed by atoms with Crippen molar-refractivity contribution in [1.29, 1.82) is 0 Å². The molecule has 11 heteroatoms. The number of ether oxygens (including phenoxy) is 7. The summed E-state index contributed by atoms with van der Waals surface area (Å²) in [5, 5.41) is 2.77. The highest BCUT2D eigenvalue weighted by atomic mass is 16.7. The van der Waals surface area contributed by atoms with Gasteiger partial charge in [0.15, 0.2) is 11.5 Å². The van der Waals surface area contributed by atoms with Crippen LogP contribution in [0.3, 0.4) is 0 Å². The molecule has 202 valence electrons. The average molecular weight is 518 g/mol. The molecule has 0 unspecified atom stereocenters. The number of nitrogens with one attached hydrogen (secondary N) is 1. The summed E-state index contributed by atoms with van der Waals surface area (Å²) in [5.74, 6) is 3.83. The summed E-state index contributed by atoms with van der Waals surface area (Å²) < 4.78 is 38.0. The number of hydrogen-bond donors (Lipinski definition) is 1. The van der Waals surface area contributed by atoms with Crippen molar-refractivity contribution in [3.05, 3.63) is 35.4 Å². The van der Waals surface area contributed by atoms with Gasteiger partial charge in [-0.1, -0.05) is 0 Å². The normalized spacial score (nSPS) is 15.2. The Hall–Kier alpha value is -3.57. The van der Waals surface area contributed by atoms with E-state index in [-0.39, 0.29) is 13.3 Å². The molecule has 1 fully saturated rings. The van der Waals surface area contributed by atoms with E-state index in [1.165, 1.54) is 0 Å². The third-order valence-corrected chi connectivity index (χ3v) is 6.46. The number of nitrogens with zero attached hydrogens (tertiary/aromatic N) is 2. The lowest BCUT2D eigenvalue weighted by Crippen LogP contribution is -2.47. The molecule has 0 aliphatic carbocycles. The van der Waals surface area contributed by atoms with Crippen LogP contribution < -0.4 is 33.7 Å². The number of methoxy groups -OCH3 is 4. The van der Waals surface area contributed by atoms with Crippen LogP contribution in [0.5, 0.6) is 34.5 Å². The first-order valence-corrected chi connectivity index (χ1v) is 12.1. The second-order valence-corrected chi connectivity index (χ2v) is 8.65. The lowest BCUT2D eigenvalue weighted by atomic mass is 10.1. The van der Waals surface area contributed by atoms with Crippen LogP contribution in [0.25, 0.3) is 0 Å². The van der Waals surface area contributed by atoms with E-state index in [1.807, 2.05) is 12.1 Å². The molecule has 11 nitrogen and oxygen atoms in total. The van der Waals surface area contributed by atoms with Gasteiger partial charge in [0, 0.05) is 51.4 Å². The number of amides is 1. The molecule has 0 bridgehead atoms. The van der Waals surface area contributed by atoms with Crippen LogP contribution >= 0.6 is 0 Å². The molecule has 2 aliphatic rings. The minimum atomic E-state index is -0.490. The average Bonchev–Trinajstić information content (AvgIpc) is 3.40. The maximum absolute atomic E-state index is 12.3. The lowest BCUT2D eigenvalue weighted by Gasteiger charge is -2.34. The Morgan fingerprint density at radius 1 is 0.865 bits per heavy atom. The SMILES string of the molecule is COc1cc(OC)c(CNC(=O)OCCN2CCN(Cc3cc(OC)c4c(c3)OCO4)CC2)c(OC)c1. The van der Waals surface area contributed by atoms with Crippen molar-refractivity contribution in [1.82, 2.24) is 15.1 Å². The predicted molar refractivity (Wildman–Crippen MR) is 135 cm³/mol. The first-order valence-electron chi connectivity index (χ1n) is 12.1. The van der Waals surface area contributed by atoms with Crippen LogP contribution in [0.2, 0.25) is 0 Å². The quantitative estimate of drug-likeness (QED) is 0.479. The third-order valence-electron chi connectivity index (χ3n) is 6.46. The Bertz CT molecular complexity index is 1050. The van der Waals surface area contributed by atoms with Crippen molar-refractivity contribution in [3.8, 4) is 34.5 Å². The van der Waals surface area contributed by atoms with E-state index < -0.39 is 6.09 Å². The number of carbonyl (C=O) groups excluding carboxylic acids is 1. The zero-order chi connectivity index (χ0) is 26.2. The maximum atomic E-state index is 12.3. The van der Waals surface area contributed by atoms with Crippen LogP contribution in [0, 0.1) is 0 Å². The summed E-state index contributed by atoms with van der Waals surface area (Å²) in [6, 6.07) is 7.51. The summed E-state index contributed by atoms with van der Waals surface area (Å²) in [6.07, 6.45) is -0.490. The fourth-order valence-corrected chi connectivity index (χ4v) is 4.44. The number of piperazine rings is 1. The monoisotopic (exact) mass is 517 g/mol. The number of carbonyl (C=O) groups is 1. The second-order valence-electron chi connectivity index (χ2n) is 8.65. The van der Waals surface area contributed by atoms with Crippen LogP contribution in [0.1, 0.15) is 11.1 Å². The van der Waals surface area contributed by atoms with E-state index in [0.29, 0.717) is 47.5 Å². The van der Waals surface area contributed by atoms with Crippen molar-refractivity contribution < 1.29 is 38.0 Å². The minimum Gasteiger partial charge on any atom is -0.496 e. The number of benzene rings is 2. The fraction of sp³-hybridized carbons (Fsp3) is 0.500. The van der Waals surface area contributed by atoms with Crippen LogP contribution in [0.4, 0.5) is 4.79 Å². The van der Waals surface area contributed by atoms with Gasteiger partial charge in [0.1, 0.15) is 23.9 Å². The molecule has 1 amide bonds. The highest BCUT2D eigenvalue weighted by Crippen LogP contribution is 2.42. The van der Waals surface area contributed by atoms with E-state index in [9.17, 15) is 4.79 Å². The Morgan fingerprint density at radius 3 is 2.19 bits per heavy atom. The van der Waals surface area contributed by atoms with E-state index in [0.717, 1.165) is 44.0 Å². The Balaban J connectivity index is 1.18. The summed E-state index contributed by atoms with van der Waals surface area (Å²) >= 11 is 0. The van der Waals surface area contributed by atoms with Gasteiger partial charge in [-0.2, -0.15) is 0 Å². The molecule has 2 heterocycles. The molecule has 0 radical (unpaired) electrons. The van der Waals surface area contributed by atoms with Crippen LogP contribution in [0.15, 0.2) is 24.3 Å². The third kappa shape index (κ3) is 6.60. The lowest BCUT2D eigenvalue weighted by molar-refractivity contribution is 0.0924. The van der Waals surface area contributed by atoms with Crippen molar-refractivity contribution in [2.24, 2.45) is 0 Å². The van der Waals surface area contributed by atoms with E-state index in [2.05, 4.69) is 15.1 Å². The highest BCUT2D eigenvalue weighted by molar-refractivity contribution is 5.67. The van der Waals surface area contributed by atoms with Gasteiger partial charge in [0.05, 0.1) is 40.5 Å². The van der Waals surface area contributed by atoms with Gasteiger partial charge >= 0.3 is 6.09 Å². The predicted octanol–water partition coefficient (Wildman–Crippen LogP) is 2.49. The molecule has 4 rings (SSSR count). The van der Waals surface area contributed by atoms with Crippen molar-refractivity contribution in [2.45, 2.75) is 13.1 Å². The Kier molecular flexibility index (Phi) is 9.02. The standard InChI is InChI=1S/C26H35N3O8/c1-31-19-13-21(32-2)20(22(14-19)33-3)15-27-26(30)35-10-9-28-5-7-29(8-6-28)16-18-11-23(34-4)25-24(12-18)36-17-37-25/h11-14H,5-10,15-17H2,1-4H3,(H,27,30). The summed E-state index contributed by atoms with van der Waals surface area (Å²) in [4.78, 5) is 16.9. The smallest absolute Gasteiger partial charge is 0.407 e. The minimum absolute atomic E-state index is 0.207. The second kappa shape index (κ2) is 12.6. The Labute approximate surface area is 217 Å². The first-order chi connectivity index (χ1) is 18.0. The molecule has 0 spiro atoms.